The molecule has 1 aliphatic rings. The molecule has 1 saturated heterocycles. The molecule has 4 nitrogen and oxygen atoms in total. The average Bonchev–Trinajstić information content (AvgIpc) is 2.93. The van der Waals surface area contributed by atoms with Crippen molar-refractivity contribution in [1.82, 2.24) is 10.1 Å². The summed E-state index contributed by atoms with van der Waals surface area (Å²) in [5, 5.41) is 3.54. The highest BCUT2D eigenvalue weighted by molar-refractivity contribution is 5.14. The van der Waals surface area contributed by atoms with E-state index in [2.05, 4.69) is 29.6 Å². The average molecular weight is 272 g/mol. The fraction of sp³-hybridized carbons (Fsp3) is 0.438. The number of nitrogens with one attached hydrogen (secondary N) is 1. The molecule has 2 atom stereocenters. The Morgan fingerprint density at radius 2 is 2.10 bits per heavy atom. The maximum absolute atomic E-state index is 11.7. The van der Waals surface area contributed by atoms with Crippen molar-refractivity contribution >= 4 is 0 Å². The normalized spacial score (nSPS) is 22.8. The van der Waals surface area contributed by atoms with Crippen molar-refractivity contribution in [2.24, 2.45) is 0 Å². The first-order valence-electron chi connectivity index (χ1n) is 7.27. The monoisotopic (exact) mass is 272 g/mol. The Labute approximate surface area is 118 Å². The van der Waals surface area contributed by atoms with Gasteiger partial charge in [-0.3, -0.25) is 4.79 Å². The topological polar surface area (TPSA) is 47.2 Å². The number of hydrogen-bond donors (Lipinski definition) is 1. The van der Waals surface area contributed by atoms with Crippen molar-refractivity contribution in [2.75, 3.05) is 6.54 Å². The quantitative estimate of drug-likeness (QED) is 0.929. The molecule has 20 heavy (non-hydrogen) atoms. The van der Waals surface area contributed by atoms with Gasteiger partial charge in [0.1, 0.15) is 6.26 Å². The highest BCUT2D eigenvalue weighted by Gasteiger charge is 2.24. The van der Waals surface area contributed by atoms with E-state index in [0.717, 1.165) is 32.2 Å². The van der Waals surface area contributed by atoms with Gasteiger partial charge in [-0.2, -0.15) is 4.74 Å². The largest absolute Gasteiger partial charge is 0.384 e. The van der Waals surface area contributed by atoms with E-state index in [0.29, 0.717) is 6.04 Å². The van der Waals surface area contributed by atoms with Gasteiger partial charge in [0.25, 0.3) is 5.56 Å². The van der Waals surface area contributed by atoms with Crippen LogP contribution in [-0.2, 0) is 6.42 Å². The molecule has 1 fully saturated rings. The Kier molecular flexibility index (Phi) is 4.02. The first kappa shape index (κ1) is 13.2. The Bertz CT molecular complexity index is 588. The minimum absolute atomic E-state index is 0.0290. The molecule has 0 unspecified atom stereocenters. The third-order valence-electron chi connectivity index (χ3n) is 4.03. The highest BCUT2D eigenvalue weighted by Crippen LogP contribution is 2.22. The molecule has 106 valence electrons. The molecule has 0 aliphatic carbocycles. The zero-order valence-corrected chi connectivity index (χ0v) is 11.5. The van der Waals surface area contributed by atoms with Crippen LogP contribution in [0.2, 0.25) is 0 Å². The number of rotatable bonds is 4. The predicted octanol–water partition coefficient (Wildman–Crippen LogP) is 2.37. The lowest BCUT2D eigenvalue weighted by molar-refractivity contribution is 0.159. The van der Waals surface area contributed by atoms with Gasteiger partial charge >= 0.3 is 0 Å². The van der Waals surface area contributed by atoms with Gasteiger partial charge in [-0.15, -0.1) is 0 Å². The highest BCUT2D eigenvalue weighted by atomic mass is 16.5. The molecule has 0 spiro atoms. The van der Waals surface area contributed by atoms with E-state index in [1.165, 1.54) is 22.6 Å². The van der Waals surface area contributed by atoms with Gasteiger partial charge < -0.3 is 9.84 Å². The lowest BCUT2D eigenvalue weighted by Gasteiger charge is -2.29. The van der Waals surface area contributed by atoms with Crippen LogP contribution in [0.1, 0.15) is 30.9 Å². The number of hydrogen-bond acceptors (Lipinski definition) is 3. The summed E-state index contributed by atoms with van der Waals surface area (Å²) in [5.41, 5.74) is 1.34. The third-order valence-corrected chi connectivity index (χ3v) is 4.03. The number of aromatic nitrogens is 1. The summed E-state index contributed by atoms with van der Waals surface area (Å²) in [6.07, 6.45) is 5.55. The smallest absolute Gasteiger partial charge is 0.282 e. The van der Waals surface area contributed by atoms with Gasteiger partial charge in [-0.25, -0.2) is 0 Å². The van der Waals surface area contributed by atoms with E-state index < -0.39 is 0 Å². The van der Waals surface area contributed by atoms with Crippen LogP contribution >= 0.6 is 0 Å². The molecule has 0 bridgehead atoms. The van der Waals surface area contributed by atoms with E-state index in [9.17, 15) is 4.79 Å². The zero-order valence-electron chi connectivity index (χ0n) is 11.5. The lowest BCUT2D eigenvalue weighted by Crippen LogP contribution is -2.40. The first-order valence-corrected chi connectivity index (χ1v) is 7.27. The van der Waals surface area contributed by atoms with Crippen molar-refractivity contribution in [3.63, 3.8) is 0 Å². The van der Waals surface area contributed by atoms with Gasteiger partial charge in [0.05, 0.1) is 6.04 Å². The zero-order chi connectivity index (χ0) is 13.8. The van der Waals surface area contributed by atoms with Crippen LogP contribution in [-0.4, -0.2) is 17.3 Å². The SMILES string of the molecule is O=c1ccon1[C@H]1CCN[C@@H](CCc2ccccc2)C1. The summed E-state index contributed by atoms with van der Waals surface area (Å²) >= 11 is 0. The number of benzene rings is 1. The summed E-state index contributed by atoms with van der Waals surface area (Å²) in [5.74, 6) is 0. The summed E-state index contributed by atoms with van der Waals surface area (Å²) in [4.78, 5) is 11.7. The van der Waals surface area contributed by atoms with Crippen LogP contribution in [0.4, 0.5) is 0 Å². The van der Waals surface area contributed by atoms with E-state index in [1.54, 1.807) is 0 Å². The Hall–Kier alpha value is -1.81. The minimum Gasteiger partial charge on any atom is -0.384 e. The second kappa shape index (κ2) is 6.09. The molecule has 4 heteroatoms. The van der Waals surface area contributed by atoms with Gasteiger partial charge in [-0.05, 0) is 37.8 Å². The van der Waals surface area contributed by atoms with Crippen LogP contribution in [0, 0.1) is 0 Å². The molecule has 3 rings (SSSR count). The molecule has 1 N–H and O–H groups in total. The van der Waals surface area contributed by atoms with Crippen LogP contribution in [0.15, 0.2) is 52.0 Å². The van der Waals surface area contributed by atoms with Crippen molar-refractivity contribution in [1.29, 1.82) is 0 Å². The van der Waals surface area contributed by atoms with Gasteiger partial charge in [0.2, 0.25) is 0 Å². The molecule has 1 aromatic carbocycles. The second-order valence-electron chi connectivity index (χ2n) is 5.43. The van der Waals surface area contributed by atoms with Crippen LogP contribution in [0.25, 0.3) is 0 Å². The lowest BCUT2D eigenvalue weighted by atomic mass is 9.94. The predicted molar refractivity (Wildman–Crippen MR) is 77.8 cm³/mol. The summed E-state index contributed by atoms with van der Waals surface area (Å²) in [6, 6.07) is 12.7. The molecule has 0 saturated carbocycles. The van der Waals surface area contributed by atoms with Gasteiger partial charge in [-0.1, -0.05) is 30.3 Å². The molecular formula is C16H20N2O2. The fourth-order valence-electron chi connectivity index (χ4n) is 2.95. The summed E-state index contributed by atoms with van der Waals surface area (Å²) < 4.78 is 6.82. The first-order chi connectivity index (χ1) is 9.83. The van der Waals surface area contributed by atoms with Crippen LogP contribution < -0.4 is 10.9 Å². The van der Waals surface area contributed by atoms with Crippen LogP contribution in [0.3, 0.4) is 0 Å². The van der Waals surface area contributed by atoms with E-state index in [4.69, 9.17) is 4.52 Å². The Morgan fingerprint density at radius 3 is 2.85 bits per heavy atom. The van der Waals surface area contributed by atoms with Crippen molar-refractivity contribution < 1.29 is 4.52 Å². The number of nitrogens with zero attached hydrogens (tertiary/aromatic N) is 1. The maximum Gasteiger partial charge on any atom is 0.282 e. The molecule has 0 radical (unpaired) electrons. The molecule has 2 heterocycles. The van der Waals surface area contributed by atoms with Crippen LogP contribution in [0.5, 0.6) is 0 Å². The minimum atomic E-state index is -0.0290. The third kappa shape index (κ3) is 3.02. The fourth-order valence-corrected chi connectivity index (χ4v) is 2.95. The summed E-state index contributed by atoms with van der Waals surface area (Å²) in [6.45, 7) is 0.942. The van der Waals surface area contributed by atoms with Gasteiger partial charge in [0, 0.05) is 12.1 Å². The molecule has 1 aromatic heterocycles. The molecule has 0 amide bonds. The van der Waals surface area contributed by atoms with E-state index in [-0.39, 0.29) is 11.6 Å². The molecule has 2 aromatic rings. The second-order valence-corrected chi connectivity index (χ2v) is 5.43. The molecule has 1 aliphatic heterocycles. The van der Waals surface area contributed by atoms with Crippen molar-refractivity contribution in [2.45, 2.75) is 37.8 Å². The molecular weight excluding hydrogens is 252 g/mol. The van der Waals surface area contributed by atoms with Crippen molar-refractivity contribution in [3.8, 4) is 0 Å². The summed E-state index contributed by atoms with van der Waals surface area (Å²) in [7, 11) is 0. The maximum atomic E-state index is 11.7. The number of piperidine rings is 1. The number of aryl methyl sites for hydroxylation is 1. The van der Waals surface area contributed by atoms with Crippen molar-refractivity contribution in [3.05, 3.63) is 58.6 Å². The Morgan fingerprint density at radius 1 is 1.25 bits per heavy atom. The Balaban J connectivity index is 1.58. The van der Waals surface area contributed by atoms with E-state index in [1.807, 2.05) is 6.07 Å². The van der Waals surface area contributed by atoms with E-state index >= 15 is 0 Å². The standard InChI is InChI=1S/C16H20N2O2/c19-16-9-11-20-18(16)15-8-10-17-14(12-15)7-6-13-4-2-1-3-5-13/h1-5,9,11,14-15,17H,6-8,10,12H2/t14-,15-/m0/s1. The van der Waals surface area contributed by atoms with Gasteiger partial charge in [0.15, 0.2) is 0 Å².